The highest BCUT2D eigenvalue weighted by Gasteiger charge is 2.21. The molecule has 19 heavy (non-hydrogen) atoms. The van der Waals surface area contributed by atoms with Crippen molar-refractivity contribution in [2.75, 3.05) is 18.9 Å². The van der Waals surface area contributed by atoms with E-state index in [9.17, 15) is 4.79 Å². The van der Waals surface area contributed by atoms with E-state index >= 15 is 0 Å². The van der Waals surface area contributed by atoms with Crippen molar-refractivity contribution in [3.8, 4) is 0 Å². The number of nitrogens with one attached hydrogen (secondary N) is 1. The first-order valence-electron chi connectivity index (χ1n) is 6.96. The zero-order valence-electron chi connectivity index (χ0n) is 11.4. The summed E-state index contributed by atoms with van der Waals surface area (Å²) in [4.78, 5) is 11.8. The summed E-state index contributed by atoms with van der Waals surface area (Å²) in [6, 6.07) is 6.04. The van der Waals surface area contributed by atoms with Gasteiger partial charge in [-0.2, -0.15) is 0 Å². The quantitative estimate of drug-likeness (QED) is 0.631. The molecule has 0 fully saturated rings. The number of nitrogens with two attached hydrogens (primary N) is 1. The smallest absolute Gasteiger partial charge is 0.246 e. The van der Waals surface area contributed by atoms with Crippen molar-refractivity contribution in [1.29, 1.82) is 0 Å². The first-order chi connectivity index (χ1) is 9.20. The van der Waals surface area contributed by atoms with Gasteiger partial charge in [0.1, 0.15) is 6.61 Å². The minimum Gasteiger partial charge on any atom is -0.399 e. The van der Waals surface area contributed by atoms with Crippen molar-refractivity contribution in [1.82, 2.24) is 5.32 Å². The highest BCUT2D eigenvalue weighted by atomic mass is 16.5. The number of amides is 1. The second kappa shape index (κ2) is 6.57. The van der Waals surface area contributed by atoms with Crippen LogP contribution in [0.5, 0.6) is 0 Å². The second-order valence-corrected chi connectivity index (χ2v) is 5.02. The summed E-state index contributed by atoms with van der Waals surface area (Å²) in [5, 5.41) is 3.05. The summed E-state index contributed by atoms with van der Waals surface area (Å²) in [5.41, 5.74) is 9.05. The van der Waals surface area contributed by atoms with Crippen LogP contribution in [0.15, 0.2) is 18.2 Å². The molecule has 1 atom stereocenters. The van der Waals surface area contributed by atoms with Crippen LogP contribution >= 0.6 is 0 Å². The normalized spacial score (nSPS) is 17.8. The van der Waals surface area contributed by atoms with E-state index in [4.69, 9.17) is 10.5 Å². The van der Waals surface area contributed by atoms with Crippen LogP contribution in [0.2, 0.25) is 0 Å². The number of carbonyl (C=O) groups is 1. The van der Waals surface area contributed by atoms with Gasteiger partial charge < -0.3 is 15.8 Å². The fraction of sp³-hybridized carbons (Fsp3) is 0.533. The first-order valence-corrected chi connectivity index (χ1v) is 6.96. The van der Waals surface area contributed by atoms with E-state index in [-0.39, 0.29) is 18.6 Å². The van der Waals surface area contributed by atoms with Gasteiger partial charge in [0.15, 0.2) is 0 Å². The number of rotatable bonds is 5. The minimum absolute atomic E-state index is 0.0388. The number of aryl methyl sites for hydroxylation is 1. The van der Waals surface area contributed by atoms with Crippen molar-refractivity contribution in [3.05, 3.63) is 29.3 Å². The summed E-state index contributed by atoms with van der Waals surface area (Å²) in [5.74, 6) is -0.0388. The maximum Gasteiger partial charge on any atom is 0.246 e. The van der Waals surface area contributed by atoms with Crippen molar-refractivity contribution >= 4 is 11.6 Å². The average molecular weight is 262 g/mol. The predicted octanol–water partition coefficient (Wildman–Crippen LogP) is 2.19. The number of anilines is 1. The summed E-state index contributed by atoms with van der Waals surface area (Å²) in [6.45, 7) is 2.81. The lowest BCUT2D eigenvalue weighted by Gasteiger charge is -2.26. The third-order valence-corrected chi connectivity index (χ3v) is 3.40. The lowest BCUT2D eigenvalue weighted by atomic mass is 9.87. The van der Waals surface area contributed by atoms with Gasteiger partial charge in [0.05, 0.1) is 6.04 Å². The van der Waals surface area contributed by atoms with Gasteiger partial charge in [0.25, 0.3) is 0 Å². The number of fused-ring (bicyclic) bond motifs is 1. The molecule has 0 saturated carbocycles. The van der Waals surface area contributed by atoms with E-state index < -0.39 is 0 Å². The van der Waals surface area contributed by atoms with Crippen LogP contribution < -0.4 is 11.1 Å². The molecule has 1 aromatic carbocycles. The highest BCUT2D eigenvalue weighted by Crippen LogP contribution is 2.30. The molecule has 4 heteroatoms. The third-order valence-electron chi connectivity index (χ3n) is 3.40. The Morgan fingerprint density at radius 1 is 1.53 bits per heavy atom. The van der Waals surface area contributed by atoms with Gasteiger partial charge in [-0.25, -0.2) is 0 Å². The van der Waals surface area contributed by atoms with Crippen LogP contribution in [-0.2, 0) is 16.0 Å². The largest absolute Gasteiger partial charge is 0.399 e. The minimum atomic E-state index is -0.0388. The molecule has 0 aromatic heterocycles. The number of nitrogen functional groups attached to an aromatic ring is 1. The maximum absolute atomic E-state index is 11.8. The second-order valence-electron chi connectivity index (χ2n) is 5.02. The Labute approximate surface area is 114 Å². The Hall–Kier alpha value is -1.55. The molecule has 1 aliphatic carbocycles. The van der Waals surface area contributed by atoms with Gasteiger partial charge in [-0.15, -0.1) is 0 Å². The number of benzene rings is 1. The van der Waals surface area contributed by atoms with Crippen molar-refractivity contribution in [2.45, 2.75) is 38.6 Å². The zero-order valence-corrected chi connectivity index (χ0v) is 11.4. The summed E-state index contributed by atoms with van der Waals surface area (Å²) < 4.78 is 5.26. The molecular formula is C15H22N2O2. The van der Waals surface area contributed by atoms with Crippen LogP contribution in [0.3, 0.4) is 0 Å². The summed E-state index contributed by atoms with van der Waals surface area (Å²) >= 11 is 0. The van der Waals surface area contributed by atoms with Gasteiger partial charge in [-0.05, 0) is 48.9 Å². The van der Waals surface area contributed by atoms with Gasteiger partial charge in [0, 0.05) is 12.3 Å². The van der Waals surface area contributed by atoms with Gasteiger partial charge >= 0.3 is 0 Å². The first kappa shape index (κ1) is 13.9. The van der Waals surface area contributed by atoms with Crippen molar-refractivity contribution in [3.63, 3.8) is 0 Å². The Bertz CT molecular complexity index is 446. The molecule has 1 amide bonds. The molecule has 0 saturated heterocycles. The molecule has 0 heterocycles. The van der Waals surface area contributed by atoms with Crippen LogP contribution in [0.25, 0.3) is 0 Å². The van der Waals surface area contributed by atoms with Gasteiger partial charge in [-0.3, -0.25) is 4.79 Å². The molecule has 2 rings (SSSR count). The van der Waals surface area contributed by atoms with Crippen molar-refractivity contribution in [2.24, 2.45) is 0 Å². The third kappa shape index (κ3) is 3.70. The number of hydrogen-bond donors (Lipinski definition) is 2. The SMILES string of the molecule is CCCOCC(=O)NC1CCCc2cc(N)ccc21. The number of carbonyl (C=O) groups excluding carboxylic acids is 1. The molecule has 1 unspecified atom stereocenters. The number of hydrogen-bond acceptors (Lipinski definition) is 3. The lowest BCUT2D eigenvalue weighted by molar-refractivity contribution is -0.126. The molecule has 4 nitrogen and oxygen atoms in total. The topological polar surface area (TPSA) is 64.3 Å². The van der Waals surface area contributed by atoms with Gasteiger partial charge in [0.2, 0.25) is 5.91 Å². The van der Waals surface area contributed by atoms with E-state index in [1.807, 2.05) is 25.1 Å². The predicted molar refractivity (Wildman–Crippen MR) is 75.8 cm³/mol. The van der Waals surface area contributed by atoms with E-state index in [0.717, 1.165) is 31.4 Å². The molecular weight excluding hydrogens is 240 g/mol. The lowest BCUT2D eigenvalue weighted by Crippen LogP contribution is -2.33. The fourth-order valence-corrected chi connectivity index (χ4v) is 2.53. The molecule has 104 valence electrons. The van der Waals surface area contributed by atoms with Crippen LogP contribution in [0.1, 0.15) is 43.4 Å². The molecule has 0 spiro atoms. The van der Waals surface area contributed by atoms with E-state index in [1.165, 1.54) is 11.1 Å². The Morgan fingerprint density at radius 3 is 3.16 bits per heavy atom. The van der Waals surface area contributed by atoms with Crippen LogP contribution in [0.4, 0.5) is 5.69 Å². The molecule has 0 aliphatic heterocycles. The maximum atomic E-state index is 11.8. The number of ether oxygens (including phenoxy) is 1. The molecule has 0 bridgehead atoms. The Kier molecular flexibility index (Phi) is 4.80. The standard InChI is InChI=1S/C15H22N2O2/c1-2-8-19-10-15(18)17-14-5-3-4-11-9-12(16)6-7-13(11)14/h6-7,9,14H,2-5,8,10,16H2,1H3,(H,17,18). The van der Waals surface area contributed by atoms with E-state index in [2.05, 4.69) is 5.32 Å². The molecule has 1 aromatic rings. The van der Waals surface area contributed by atoms with Crippen molar-refractivity contribution < 1.29 is 9.53 Å². The Balaban J connectivity index is 1.97. The summed E-state index contributed by atoms with van der Waals surface area (Å²) in [6.07, 6.45) is 4.03. The molecule has 3 N–H and O–H groups in total. The molecule has 1 aliphatic rings. The fourth-order valence-electron chi connectivity index (χ4n) is 2.53. The zero-order chi connectivity index (χ0) is 13.7. The van der Waals surface area contributed by atoms with Crippen LogP contribution in [0, 0.1) is 0 Å². The molecule has 0 radical (unpaired) electrons. The van der Waals surface area contributed by atoms with E-state index in [1.54, 1.807) is 0 Å². The summed E-state index contributed by atoms with van der Waals surface area (Å²) in [7, 11) is 0. The average Bonchev–Trinajstić information content (AvgIpc) is 2.39. The van der Waals surface area contributed by atoms with E-state index in [0.29, 0.717) is 6.61 Å². The van der Waals surface area contributed by atoms with Crippen LogP contribution in [-0.4, -0.2) is 19.1 Å². The Morgan fingerprint density at radius 2 is 2.37 bits per heavy atom. The monoisotopic (exact) mass is 262 g/mol. The highest BCUT2D eigenvalue weighted by molar-refractivity contribution is 5.77. The van der Waals surface area contributed by atoms with Gasteiger partial charge in [-0.1, -0.05) is 13.0 Å².